The summed E-state index contributed by atoms with van der Waals surface area (Å²) in [6.45, 7) is 0. The number of thiocarbonyl (C=S) groups is 2. The SMILES string of the molecule is S=C1CC=CC=C1c1ccc(C2=CC=CCC2=S)s1. The summed E-state index contributed by atoms with van der Waals surface area (Å²) in [5.74, 6) is 0. The van der Waals surface area contributed by atoms with Gasteiger partial charge >= 0.3 is 0 Å². The highest BCUT2D eigenvalue weighted by Crippen LogP contribution is 2.33. The Balaban J connectivity index is 1.96. The lowest BCUT2D eigenvalue weighted by atomic mass is 10.0. The van der Waals surface area contributed by atoms with Gasteiger partial charge in [-0.3, -0.25) is 0 Å². The van der Waals surface area contributed by atoms with Crippen LogP contribution in [0.1, 0.15) is 22.6 Å². The van der Waals surface area contributed by atoms with Crippen LogP contribution in [-0.4, -0.2) is 9.73 Å². The summed E-state index contributed by atoms with van der Waals surface area (Å²) < 4.78 is 0. The zero-order valence-electron chi connectivity index (χ0n) is 10.3. The molecule has 0 saturated carbocycles. The lowest BCUT2D eigenvalue weighted by Crippen LogP contribution is -1.99. The molecule has 0 bridgehead atoms. The first-order valence-corrected chi connectivity index (χ1v) is 7.79. The van der Waals surface area contributed by atoms with Crippen LogP contribution >= 0.6 is 35.8 Å². The molecular formula is C16H12S3. The molecule has 0 aromatic carbocycles. The largest absolute Gasteiger partial charge is 0.135 e. The van der Waals surface area contributed by atoms with E-state index in [1.54, 1.807) is 11.3 Å². The molecule has 0 nitrogen and oxygen atoms in total. The zero-order chi connectivity index (χ0) is 13.2. The Morgan fingerprint density at radius 1 is 0.789 bits per heavy atom. The minimum absolute atomic E-state index is 0.873. The third-order valence-electron chi connectivity index (χ3n) is 3.14. The van der Waals surface area contributed by atoms with Crippen molar-refractivity contribution < 1.29 is 0 Å². The van der Waals surface area contributed by atoms with Crippen molar-refractivity contribution >= 4 is 56.6 Å². The van der Waals surface area contributed by atoms with E-state index in [2.05, 4.69) is 48.6 Å². The fraction of sp³-hybridized carbons (Fsp3) is 0.125. The smallest absolute Gasteiger partial charge is 0.0360 e. The monoisotopic (exact) mass is 300 g/mol. The van der Waals surface area contributed by atoms with Crippen LogP contribution in [0.15, 0.2) is 48.6 Å². The second kappa shape index (κ2) is 5.45. The summed E-state index contributed by atoms with van der Waals surface area (Å²) in [7, 11) is 0. The highest BCUT2D eigenvalue weighted by atomic mass is 32.1. The Hall–Kier alpha value is -1.16. The third kappa shape index (κ3) is 2.59. The lowest BCUT2D eigenvalue weighted by Gasteiger charge is -2.09. The summed E-state index contributed by atoms with van der Waals surface area (Å²) in [4.78, 5) is 4.53. The van der Waals surface area contributed by atoms with E-state index in [9.17, 15) is 0 Å². The molecule has 0 unspecified atom stereocenters. The van der Waals surface area contributed by atoms with E-state index in [1.807, 2.05) is 0 Å². The van der Waals surface area contributed by atoms with E-state index in [4.69, 9.17) is 24.4 Å². The quantitative estimate of drug-likeness (QED) is 0.691. The molecule has 1 aromatic heterocycles. The standard InChI is InChI=1S/C16H12S3/c17-13-7-3-1-5-11(13)15-9-10-16(19-15)12-6-2-4-8-14(12)18/h1-6,9-10H,7-8H2. The van der Waals surface area contributed by atoms with Gasteiger partial charge in [0, 0.05) is 43.5 Å². The molecule has 0 saturated heterocycles. The molecule has 0 N–H and O–H groups in total. The molecule has 3 rings (SSSR count). The van der Waals surface area contributed by atoms with Crippen molar-refractivity contribution in [1.82, 2.24) is 0 Å². The molecule has 0 amide bonds. The zero-order valence-corrected chi connectivity index (χ0v) is 12.7. The first-order valence-electron chi connectivity index (χ1n) is 6.16. The van der Waals surface area contributed by atoms with Crippen LogP contribution in [0.25, 0.3) is 11.1 Å². The molecule has 19 heavy (non-hydrogen) atoms. The molecule has 0 spiro atoms. The molecule has 2 aliphatic carbocycles. The minimum Gasteiger partial charge on any atom is -0.135 e. The fourth-order valence-electron chi connectivity index (χ4n) is 2.15. The molecule has 3 heteroatoms. The molecule has 0 aliphatic heterocycles. The van der Waals surface area contributed by atoms with Gasteiger partial charge in [0.05, 0.1) is 0 Å². The predicted molar refractivity (Wildman–Crippen MR) is 93.0 cm³/mol. The number of allylic oxidation sites excluding steroid dienone is 8. The molecular weight excluding hydrogens is 288 g/mol. The highest BCUT2D eigenvalue weighted by Gasteiger charge is 2.15. The van der Waals surface area contributed by atoms with Crippen molar-refractivity contribution in [3.05, 3.63) is 58.3 Å². The van der Waals surface area contributed by atoms with Crippen molar-refractivity contribution in [2.45, 2.75) is 12.8 Å². The average molecular weight is 300 g/mol. The number of hydrogen-bond acceptors (Lipinski definition) is 3. The van der Waals surface area contributed by atoms with E-state index in [0.29, 0.717) is 0 Å². The number of thiophene rings is 1. The van der Waals surface area contributed by atoms with E-state index in [1.165, 1.54) is 20.9 Å². The van der Waals surface area contributed by atoms with Gasteiger partial charge in [0.1, 0.15) is 0 Å². The molecule has 1 aromatic rings. The van der Waals surface area contributed by atoms with Crippen LogP contribution in [0.4, 0.5) is 0 Å². The summed E-state index contributed by atoms with van der Waals surface area (Å²) in [6, 6.07) is 4.30. The van der Waals surface area contributed by atoms with E-state index in [-0.39, 0.29) is 0 Å². The van der Waals surface area contributed by atoms with Gasteiger partial charge in [-0.2, -0.15) is 0 Å². The van der Waals surface area contributed by atoms with Gasteiger partial charge < -0.3 is 0 Å². The second-order valence-corrected chi connectivity index (χ2v) is 6.50. The summed E-state index contributed by atoms with van der Waals surface area (Å²) in [5.41, 5.74) is 2.37. The summed E-state index contributed by atoms with van der Waals surface area (Å²) in [5, 5.41) is 0. The maximum absolute atomic E-state index is 5.43. The van der Waals surface area contributed by atoms with E-state index in [0.717, 1.165) is 22.6 Å². The van der Waals surface area contributed by atoms with Crippen LogP contribution in [0.2, 0.25) is 0 Å². The third-order valence-corrected chi connectivity index (χ3v) is 5.07. The Bertz CT molecular complexity index is 609. The van der Waals surface area contributed by atoms with Gasteiger partial charge in [0.15, 0.2) is 0 Å². The van der Waals surface area contributed by atoms with Crippen LogP contribution in [-0.2, 0) is 0 Å². The van der Waals surface area contributed by atoms with Crippen molar-refractivity contribution in [2.75, 3.05) is 0 Å². The van der Waals surface area contributed by atoms with Gasteiger partial charge in [-0.15, -0.1) is 11.3 Å². The van der Waals surface area contributed by atoms with Crippen LogP contribution in [0, 0.1) is 0 Å². The van der Waals surface area contributed by atoms with E-state index < -0.39 is 0 Å². The molecule has 2 aliphatic rings. The van der Waals surface area contributed by atoms with E-state index >= 15 is 0 Å². The molecule has 94 valence electrons. The molecule has 0 radical (unpaired) electrons. The minimum atomic E-state index is 0.873. The van der Waals surface area contributed by atoms with Gasteiger partial charge in [-0.25, -0.2) is 0 Å². The summed E-state index contributed by atoms with van der Waals surface area (Å²) in [6.07, 6.45) is 14.3. The van der Waals surface area contributed by atoms with Crippen molar-refractivity contribution in [2.24, 2.45) is 0 Å². The molecule has 0 fully saturated rings. The second-order valence-electron chi connectivity index (χ2n) is 4.44. The van der Waals surface area contributed by atoms with Gasteiger partial charge in [-0.1, -0.05) is 60.9 Å². The highest BCUT2D eigenvalue weighted by molar-refractivity contribution is 7.81. The van der Waals surface area contributed by atoms with Crippen molar-refractivity contribution in [3.63, 3.8) is 0 Å². The molecule has 0 atom stereocenters. The Morgan fingerprint density at radius 3 is 1.68 bits per heavy atom. The lowest BCUT2D eigenvalue weighted by molar-refractivity contribution is 1.51. The molecule has 1 heterocycles. The Kier molecular flexibility index (Phi) is 3.69. The van der Waals surface area contributed by atoms with Crippen molar-refractivity contribution in [3.8, 4) is 0 Å². The first-order chi connectivity index (χ1) is 9.25. The predicted octanol–water partition coefficient (Wildman–Crippen LogP) is 5.17. The van der Waals surface area contributed by atoms with Gasteiger partial charge in [0.25, 0.3) is 0 Å². The summed E-state index contributed by atoms with van der Waals surface area (Å²) >= 11 is 12.6. The fourth-order valence-corrected chi connectivity index (χ4v) is 3.94. The van der Waals surface area contributed by atoms with Crippen LogP contribution in [0.5, 0.6) is 0 Å². The number of rotatable bonds is 2. The van der Waals surface area contributed by atoms with Gasteiger partial charge in [0.2, 0.25) is 0 Å². The Labute approximate surface area is 127 Å². The number of hydrogen-bond donors (Lipinski definition) is 0. The van der Waals surface area contributed by atoms with Crippen molar-refractivity contribution in [1.29, 1.82) is 0 Å². The topological polar surface area (TPSA) is 0 Å². The average Bonchev–Trinajstić information content (AvgIpc) is 2.89. The Morgan fingerprint density at radius 2 is 1.26 bits per heavy atom. The normalized spacial score (nSPS) is 18.5. The maximum atomic E-state index is 5.43. The van der Waals surface area contributed by atoms with Crippen LogP contribution in [0.3, 0.4) is 0 Å². The first kappa shape index (κ1) is 12.9. The maximum Gasteiger partial charge on any atom is 0.0360 e. The van der Waals surface area contributed by atoms with Gasteiger partial charge in [-0.05, 0) is 12.1 Å². The van der Waals surface area contributed by atoms with Crippen LogP contribution < -0.4 is 0 Å².